The number of pyridine rings is 1. The van der Waals surface area contributed by atoms with Crippen LogP contribution in [0.5, 0.6) is 11.8 Å². The topological polar surface area (TPSA) is 102 Å². The number of nitrogens with zero attached hydrogens (tertiary/aromatic N) is 6. The molecule has 1 amide bonds. The maximum absolute atomic E-state index is 17.2. The molecule has 0 N–H and O–H groups in total. The molecule has 2 unspecified atom stereocenters. The molecule has 14 heteroatoms. The second-order valence-electron chi connectivity index (χ2n) is 16.3. The van der Waals surface area contributed by atoms with E-state index in [-0.39, 0.29) is 54.7 Å². The van der Waals surface area contributed by atoms with Crippen molar-refractivity contribution in [2.75, 3.05) is 51.6 Å². The lowest BCUT2D eigenvalue weighted by Gasteiger charge is -2.42. The summed E-state index contributed by atoms with van der Waals surface area (Å²) in [5.41, 5.74) is 0.487. The first kappa shape index (κ1) is 35.5. The highest BCUT2D eigenvalue weighted by Gasteiger charge is 2.50. The van der Waals surface area contributed by atoms with E-state index in [1.54, 1.807) is 18.3 Å². The molecule has 8 rings (SSSR count). The van der Waals surface area contributed by atoms with Gasteiger partial charge in [0.2, 0.25) is 0 Å². The van der Waals surface area contributed by atoms with Crippen molar-refractivity contribution >= 4 is 34.4 Å². The normalized spacial score (nSPS) is 28.4. The fourth-order valence-electron chi connectivity index (χ4n) is 8.95. The van der Waals surface area contributed by atoms with Crippen LogP contribution in [0.3, 0.4) is 0 Å². The average Bonchev–Trinajstić information content (AvgIpc) is 3.39. The van der Waals surface area contributed by atoms with Crippen molar-refractivity contribution in [2.45, 2.75) is 102 Å². The standard InChI is InChI=1S/C38H47ClF2N6O5/c1-21-11-26(21)30-27(12-25(13-29(30)39)51-20-49-5)32-31(41)33-28(15-42-32)34(44-35(43-33)50-19-38-9-6-10-46(38)16-22(40)14-38)45-17-23-7-8-24(18-45)47(23)36(48)52-37(2,3)4/h12-13,15,21-24,26H,6-11,14,16-20H2,1-5H3/t21?,22-,23-,24+,26?,38+/m1/s1. The highest BCUT2D eigenvalue weighted by molar-refractivity contribution is 6.32. The number of carbonyl (C=O) groups excluding carboxylic acids is 1. The molecule has 0 radical (unpaired) electrons. The van der Waals surface area contributed by atoms with Crippen LogP contribution in [-0.4, -0.2) is 107 Å². The number of amides is 1. The molecule has 280 valence electrons. The van der Waals surface area contributed by atoms with Crippen LogP contribution in [0.15, 0.2) is 18.3 Å². The van der Waals surface area contributed by atoms with Crippen molar-refractivity contribution in [1.82, 2.24) is 24.8 Å². The van der Waals surface area contributed by atoms with E-state index in [0.29, 0.717) is 59.5 Å². The van der Waals surface area contributed by atoms with E-state index in [4.69, 9.17) is 40.5 Å². The molecule has 3 aromatic rings. The van der Waals surface area contributed by atoms with Crippen molar-refractivity contribution in [3.8, 4) is 23.0 Å². The maximum atomic E-state index is 17.2. The van der Waals surface area contributed by atoms with Gasteiger partial charge >= 0.3 is 12.1 Å². The summed E-state index contributed by atoms with van der Waals surface area (Å²) in [6.45, 7) is 10.1. The Hall–Kier alpha value is -3.55. The number of rotatable bonds is 9. The molecule has 1 aromatic carbocycles. The predicted molar refractivity (Wildman–Crippen MR) is 192 cm³/mol. The highest BCUT2D eigenvalue weighted by atomic mass is 35.5. The van der Waals surface area contributed by atoms with Crippen LogP contribution in [0.1, 0.15) is 77.7 Å². The lowest BCUT2D eigenvalue weighted by molar-refractivity contribution is 0.0122. The molecular weight excluding hydrogens is 694 g/mol. The van der Waals surface area contributed by atoms with Crippen molar-refractivity contribution in [2.24, 2.45) is 5.92 Å². The SMILES string of the molecule is COCOc1cc(Cl)c(C2CC2C)c(-c2ncc3c(N4C[C@H]5CC[C@@H](C4)N5C(=O)OC(C)(C)C)nc(OC[C@@]45CCCN4C[C@H](F)C5)nc3c2F)c1. The lowest BCUT2D eigenvalue weighted by atomic mass is 9.95. The van der Waals surface area contributed by atoms with Crippen LogP contribution in [0, 0.1) is 11.7 Å². The molecule has 5 fully saturated rings. The number of methoxy groups -OCH3 is 1. The van der Waals surface area contributed by atoms with Crippen LogP contribution in [0.2, 0.25) is 5.02 Å². The van der Waals surface area contributed by atoms with E-state index in [1.807, 2.05) is 25.7 Å². The number of aromatic nitrogens is 3. The van der Waals surface area contributed by atoms with Gasteiger partial charge in [-0.25, -0.2) is 13.6 Å². The average molecular weight is 741 g/mol. The Morgan fingerprint density at radius 1 is 1.12 bits per heavy atom. The van der Waals surface area contributed by atoms with Crippen LogP contribution < -0.4 is 14.4 Å². The van der Waals surface area contributed by atoms with Gasteiger partial charge in [-0.1, -0.05) is 18.5 Å². The summed E-state index contributed by atoms with van der Waals surface area (Å²) in [6.07, 6.45) is 5.10. The lowest BCUT2D eigenvalue weighted by Crippen LogP contribution is -2.57. The summed E-state index contributed by atoms with van der Waals surface area (Å²) in [4.78, 5) is 33.7. The van der Waals surface area contributed by atoms with Gasteiger partial charge in [0.25, 0.3) is 0 Å². The zero-order chi connectivity index (χ0) is 36.5. The third kappa shape index (κ3) is 6.51. The Balaban J connectivity index is 1.20. The first-order valence-corrected chi connectivity index (χ1v) is 18.8. The van der Waals surface area contributed by atoms with Crippen molar-refractivity contribution in [3.63, 3.8) is 0 Å². The quantitative estimate of drug-likeness (QED) is 0.211. The molecule has 4 saturated heterocycles. The van der Waals surface area contributed by atoms with E-state index in [9.17, 15) is 9.18 Å². The Morgan fingerprint density at radius 3 is 2.56 bits per heavy atom. The number of anilines is 1. The van der Waals surface area contributed by atoms with Gasteiger partial charge in [-0.15, -0.1) is 0 Å². The summed E-state index contributed by atoms with van der Waals surface area (Å²) in [5, 5.41) is 0.913. The smallest absolute Gasteiger partial charge is 0.410 e. The summed E-state index contributed by atoms with van der Waals surface area (Å²) >= 11 is 6.86. The minimum Gasteiger partial charge on any atom is -0.467 e. The minimum atomic E-state index is -0.918. The number of halogens is 3. The Labute approximate surface area is 307 Å². The van der Waals surface area contributed by atoms with E-state index in [0.717, 1.165) is 44.2 Å². The molecule has 11 nitrogen and oxygen atoms in total. The number of piperazine rings is 1. The summed E-state index contributed by atoms with van der Waals surface area (Å²) in [6, 6.07) is 3.31. The molecule has 4 aliphatic heterocycles. The molecule has 5 aliphatic rings. The van der Waals surface area contributed by atoms with Gasteiger partial charge in [0.15, 0.2) is 12.6 Å². The number of benzene rings is 1. The maximum Gasteiger partial charge on any atom is 0.410 e. The Bertz CT molecular complexity index is 1870. The van der Waals surface area contributed by atoms with Gasteiger partial charge in [-0.05, 0) is 89.0 Å². The van der Waals surface area contributed by atoms with Crippen LogP contribution in [-0.2, 0) is 9.47 Å². The number of alkyl halides is 1. The number of hydrogen-bond acceptors (Lipinski definition) is 10. The van der Waals surface area contributed by atoms with E-state index < -0.39 is 23.1 Å². The van der Waals surface area contributed by atoms with Crippen molar-refractivity contribution in [3.05, 3.63) is 34.7 Å². The fourth-order valence-corrected chi connectivity index (χ4v) is 9.30. The first-order chi connectivity index (χ1) is 24.8. The number of fused-ring (bicyclic) bond motifs is 4. The van der Waals surface area contributed by atoms with Crippen LogP contribution >= 0.6 is 11.6 Å². The van der Waals surface area contributed by atoms with Gasteiger partial charge in [0.05, 0.1) is 23.0 Å². The molecule has 52 heavy (non-hydrogen) atoms. The third-order valence-electron chi connectivity index (χ3n) is 11.4. The van der Waals surface area contributed by atoms with E-state index in [2.05, 4.69) is 21.7 Å². The van der Waals surface area contributed by atoms with Crippen molar-refractivity contribution < 1.29 is 32.5 Å². The number of carbonyl (C=O) groups is 1. The second kappa shape index (κ2) is 13.4. The Kier molecular flexibility index (Phi) is 9.13. The van der Waals surface area contributed by atoms with Crippen LogP contribution in [0.4, 0.5) is 19.4 Å². The molecule has 2 aromatic heterocycles. The Morgan fingerprint density at radius 2 is 1.87 bits per heavy atom. The van der Waals surface area contributed by atoms with Gasteiger partial charge in [0.1, 0.15) is 41.2 Å². The third-order valence-corrected chi connectivity index (χ3v) is 11.8. The zero-order valence-corrected chi connectivity index (χ0v) is 31.2. The first-order valence-electron chi connectivity index (χ1n) is 18.4. The van der Waals surface area contributed by atoms with Gasteiger partial charge in [0, 0.05) is 49.9 Å². The second-order valence-corrected chi connectivity index (χ2v) is 16.7. The molecule has 0 spiro atoms. The molecular formula is C38H47ClF2N6O5. The number of ether oxygens (including phenoxy) is 4. The van der Waals surface area contributed by atoms with Gasteiger partial charge < -0.3 is 23.8 Å². The molecule has 1 saturated carbocycles. The summed E-state index contributed by atoms with van der Waals surface area (Å²) in [7, 11) is 1.53. The number of hydrogen-bond donors (Lipinski definition) is 0. The molecule has 2 bridgehead atoms. The zero-order valence-electron chi connectivity index (χ0n) is 30.5. The monoisotopic (exact) mass is 740 g/mol. The molecule has 6 atom stereocenters. The fraction of sp³-hybridized carbons (Fsp3) is 0.632. The summed E-state index contributed by atoms with van der Waals surface area (Å²) < 4.78 is 54.8. The van der Waals surface area contributed by atoms with E-state index >= 15 is 4.39 Å². The summed E-state index contributed by atoms with van der Waals surface area (Å²) in [5.74, 6) is 0.853. The molecule has 1 aliphatic carbocycles. The highest BCUT2D eigenvalue weighted by Crippen LogP contribution is 2.53. The van der Waals surface area contributed by atoms with Gasteiger partial charge in [-0.3, -0.25) is 14.8 Å². The largest absolute Gasteiger partial charge is 0.467 e. The predicted octanol–water partition coefficient (Wildman–Crippen LogP) is 7.13. The van der Waals surface area contributed by atoms with Crippen molar-refractivity contribution in [1.29, 1.82) is 0 Å². The van der Waals surface area contributed by atoms with Crippen LogP contribution in [0.25, 0.3) is 22.2 Å². The van der Waals surface area contributed by atoms with Gasteiger partial charge in [-0.2, -0.15) is 9.97 Å². The van der Waals surface area contributed by atoms with E-state index in [1.165, 1.54) is 7.11 Å². The molecule has 6 heterocycles. The minimum absolute atomic E-state index is 0.00507.